The highest BCUT2D eigenvalue weighted by molar-refractivity contribution is 7.89. The Kier molecular flexibility index (Phi) is 6.49. The number of hydrazine groups is 1. The van der Waals surface area contributed by atoms with Gasteiger partial charge in [-0.1, -0.05) is 41.9 Å². The van der Waals surface area contributed by atoms with Crippen molar-refractivity contribution in [1.29, 1.82) is 0 Å². The molecule has 2 aliphatic heterocycles. The summed E-state index contributed by atoms with van der Waals surface area (Å²) in [4.78, 5) is 14.7. The molecule has 0 bridgehead atoms. The van der Waals surface area contributed by atoms with Crippen LogP contribution in [0.3, 0.4) is 0 Å². The number of ether oxygens (including phenoxy) is 1. The first-order chi connectivity index (χ1) is 14.9. The average molecular weight is 465 g/mol. The molecule has 166 valence electrons. The molecule has 0 saturated carbocycles. The van der Waals surface area contributed by atoms with Gasteiger partial charge in [0.05, 0.1) is 7.11 Å². The Balaban J connectivity index is 1.39. The maximum atomic E-state index is 13.1. The van der Waals surface area contributed by atoms with Gasteiger partial charge in [0, 0.05) is 37.2 Å². The number of piperazine rings is 1. The average Bonchev–Trinajstić information content (AvgIpc) is 3.29. The van der Waals surface area contributed by atoms with E-state index in [0.717, 1.165) is 5.56 Å². The lowest BCUT2D eigenvalue weighted by Crippen LogP contribution is -2.54. The monoisotopic (exact) mass is 464 g/mol. The Hall–Kier alpha value is -2.17. The van der Waals surface area contributed by atoms with Gasteiger partial charge in [-0.05, 0) is 30.2 Å². The molecule has 2 aliphatic rings. The molecule has 31 heavy (non-hydrogen) atoms. The quantitative estimate of drug-likeness (QED) is 0.701. The van der Waals surface area contributed by atoms with Crippen molar-refractivity contribution in [1.82, 2.24) is 20.1 Å². The first kappa shape index (κ1) is 22.0. The number of benzene rings is 2. The topological polar surface area (TPSA) is 91.0 Å². The van der Waals surface area contributed by atoms with Crippen molar-refractivity contribution >= 4 is 27.5 Å². The number of hydrogen-bond acceptors (Lipinski definition) is 6. The summed E-state index contributed by atoms with van der Waals surface area (Å²) in [5.74, 6) is 0.222. The molecule has 2 N–H and O–H groups in total. The van der Waals surface area contributed by atoms with E-state index in [1.54, 1.807) is 11.0 Å². The largest absolute Gasteiger partial charge is 0.495 e. The lowest BCUT2D eigenvalue weighted by atomic mass is 10.0. The van der Waals surface area contributed by atoms with Crippen LogP contribution in [0.2, 0.25) is 5.02 Å². The van der Waals surface area contributed by atoms with Crippen LogP contribution in [0.25, 0.3) is 0 Å². The molecule has 0 aromatic heterocycles. The first-order valence-electron chi connectivity index (χ1n) is 10.1. The Morgan fingerprint density at radius 1 is 1.06 bits per heavy atom. The summed E-state index contributed by atoms with van der Waals surface area (Å²) in [6.07, 6.45) is 0.640. The normalized spacial score (nSPS) is 22.5. The Morgan fingerprint density at radius 3 is 2.45 bits per heavy atom. The molecular weight excluding hydrogens is 440 g/mol. The van der Waals surface area contributed by atoms with E-state index in [1.165, 1.54) is 23.5 Å². The summed E-state index contributed by atoms with van der Waals surface area (Å²) >= 11 is 6.01. The molecule has 2 atom stereocenters. The summed E-state index contributed by atoms with van der Waals surface area (Å²) in [5.41, 5.74) is 7.39. The van der Waals surface area contributed by atoms with Crippen LogP contribution >= 0.6 is 11.6 Å². The van der Waals surface area contributed by atoms with Gasteiger partial charge >= 0.3 is 0 Å². The third kappa shape index (κ3) is 4.56. The second kappa shape index (κ2) is 9.13. The van der Waals surface area contributed by atoms with Gasteiger partial charge in [-0.15, -0.1) is 0 Å². The molecule has 1 amide bonds. The highest BCUT2D eigenvalue weighted by atomic mass is 35.5. The molecule has 2 fully saturated rings. The maximum Gasteiger partial charge on any atom is 0.246 e. The number of amides is 1. The van der Waals surface area contributed by atoms with Crippen molar-refractivity contribution in [2.75, 3.05) is 33.3 Å². The van der Waals surface area contributed by atoms with Crippen molar-refractivity contribution in [2.45, 2.75) is 23.4 Å². The fourth-order valence-electron chi connectivity index (χ4n) is 3.98. The fraction of sp³-hybridized carbons (Fsp3) is 0.381. The maximum absolute atomic E-state index is 13.1. The third-order valence-electron chi connectivity index (χ3n) is 5.70. The molecule has 8 nitrogen and oxygen atoms in total. The zero-order valence-corrected chi connectivity index (χ0v) is 18.7. The Labute approximate surface area is 187 Å². The van der Waals surface area contributed by atoms with E-state index in [0.29, 0.717) is 24.5 Å². The number of hydrogen-bond donors (Lipinski definition) is 2. The molecule has 10 heteroatoms. The summed E-state index contributed by atoms with van der Waals surface area (Å²) in [5, 5.41) is 0.320. The Bertz CT molecular complexity index is 1040. The highest BCUT2D eigenvalue weighted by Crippen LogP contribution is 2.30. The van der Waals surface area contributed by atoms with Gasteiger partial charge in [0.2, 0.25) is 15.9 Å². The van der Waals surface area contributed by atoms with Gasteiger partial charge < -0.3 is 9.64 Å². The van der Waals surface area contributed by atoms with Crippen molar-refractivity contribution < 1.29 is 17.9 Å². The molecule has 2 aromatic carbocycles. The highest BCUT2D eigenvalue weighted by Gasteiger charge is 2.36. The van der Waals surface area contributed by atoms with Gasteiger partial charge in [-0.3, -0.25) is 4.79 Å². The van der Waals surface area contributed by atoms with Crippen LogP contribution < -0.4 is 15.6 Å². The van der Waals surface area contributed by atoms with E-state index < -0.39 is 10.0 Å². The summed E-state index contributed by atoms with van der Waals surface area (Å²) in [7, 11) is -2.36. The number of carbonyl (C=O) groups is 1. The van der Waals surface area contributed by atoms with Gasteiger partial charge in [0.25, 0.3) is 0 Å². The molecule has 2 aromatic rings. The second-order valence-corrected chi connectivity index (χ2v) is 9.91. The molecule has 0 spiro atoms. The Morgan fingerprint density at radius 2 is 1.77 bits per heavy atom. The van der Waals surface area contributed by atoms with Crippen LogP contribution in [0.15, 0.2) is 53.4 Å². The molecule has 0 aliphatic carbocycles. The zero-order valence-electron chi connectivity index (χ0n) is 17.1. The smallest absolute Gasteiger partial charge is 0.246 e. The van der Waals surface area contributed by atoms with Gasteiger partial charge in [-0.2, -0.15) is 4.31 Å². The van der Waals surface area contributed by atoms with Gasteiger partial charge in [0.15, 0.2) is 0 Å². The summed E-state index contributed by atoms with van der Waals surface area (Å²) in [6.45, 7) is 1.09. The van der Waals surface area contributed by atoms with Crippen molar-refractivity contribution in [3.05, 3.63) is 59.1 Å². The van der Waals surface area contributed by atoms with E-state index in [1.807, 2.05) is 30.3 Å². The standard InChI is InChI=1S/C21H25ClN4O4S/c1-30-19-8-7-16(22)13-20(19)31(28,29)26-11-9-25(10-12-26)21(27)18-14-17(23-24-18)15-5-3-2-4-6-15/h2-8,13,17-18,23-24H,9-12,14H2,1H3. The van der Waals surface area contributed by atoms with Crippen LogP contribution in [0, 0.1) is 0 Å². The summed E-state index contributed by atoms with van der Waals surface area (Å²) < 4.78 is 32.8. The minimum atomic E-state index is -3.78. The number of methoxy groups -OCH3 is 1. The predicted octanol–water partition coefficient (Wildman–Crippen LogP) is 1.79. The number of rotatable bonds is 5. The predicted molar refractivity (Wildman–Crippen MR) is 117 cm³/mol. The molecular formula is C21H25ClN4O4S. The van der Waals surface area contributed by atoms with Gasteiger partial charge in [0.1, 0.15) is 16.7 Å². The van der Waals surface area contributed by atoms with Crippen molar-refractivity contribution in [3.8, 4) is 5.75 Å². The van der Waals surface area contributed by atoms with E-state index in [2.05, 4.69) is 10.9 Å². The number of nitrogens with zero attached hydrogens (tertiary/aromatic N) is 2. The zero-order chi connectivity index (χ0) is 22.0. The molecule has 2 heterocycles. The van der Waals surface area contributed by atoms with Gasteiger partial charge in [-0.25, -0.2) is 19.3 Å². The molecule has 2 saturated heterocycles. The van der Waals surface area contributed by atoms with E-state index in [-0.39, 0.29) is 41.7 Å². The van der Waals surface area contributed by atoms with E-state index >= 15 is 0 Å². The summed E-state index contributed by atoms with van der Waals surface area (Å²) in [6, 6.07) is 14.2. The van der Waals surface area contributed by atoms with Crippen molar-refractivity contribution in [3.63, 3.8) is 0 Å². The van der Waals surface area contributed by atoms with Crippen LogP contribution in [0.4, 0.5) is 0 Å². The second-order valence-electron chi connectivity index (χ2n) is 7.56. The molecule has 4 rings (SSSR count). The number of halogens is 1. The van der Waals surface area contributed by atoms with E-state index in [4.69, 9.17) is 16.3 Å². The van der Waals surface area contributed by atoms with Crippen molar-refractivity contribution in [2.24, 2.45) is 0 Å². The molecule has 2 unspecified atom stereocenters. The SMILES string of the molecule is COc1ccc(Cl)cc1S(=O)(=O)N1CCN(C(=O)C2CC(c3ccccc3)NN2)CC1. The fourth-order valence-corrected chi connectivity index (χ4v) is 5.82. The number of carbonyl (C=O) groups excluding carboxylic acids is 1. The van der Waals surface area contributed by atoms with Crippen LogP contribution in [-0.4, -0.2) is 62.9 Å². The minimum Gasteiger partial charge on any atom is -0.495 e. The van der Waals surface area contributed by atoms with Crippen LogP contribution in [-0.2, 0) is 14.8 Å². The van der Waals surface area contributed by atoms with Crippen LogP contribution in [0.1, 0.15) is 18.0 Å². The lowest BCUT2D eigenvalue weighted by Gasteiger charge is -2.35. The minimum absolute atomic E-state index is 0.0247. The number of sulfonamides is 1. The molecule has 0 radical (unpaired) electrons. The number of nitrogens with one attached hydrogen (secondary N) is 2. The third-order valence-corrected chi connectivity index (χ3v) is 7.85. The lowest BCUT2D eigenvalue weighted by molar-refractivity contribution is -0.134. The van der Waals surface area contributed by atoms with E-state index in [9.17, 15) is 13.2 Å². The van der Waals surface area contributed by atoms with Crippen LogP contribution in [0.5, 0.6) is 5.75 Å². The first-order valence-corrected chi connectivity index (χ1v) is 11.9.